The van der Waals surface area contributed by atoms with Crippen molar-refractivity contribution in [1.82, 2.24) is 0 Å². The molecule has 3 rings (SSSR count). The molecule has 0 saturated carbocycles. The Balaban J connectivity index is 2.19. The van der Waals surface area contributed by atoms with E-state index in [9.17, 15) is 13.2 Å². The summed E-state index contributed by atoms with van der Waals surface area (Å²) in [6, 6.07) is 11.5. The Kier molecular flexibility index (Phi) is 4.43. The normalized spacial score (nSPS) is 19.1. The third kappa shape index (κ3) is 2.84. The first-order valence-electron chi connectivity index (χ1n) is 7.71. The third-order valence-corrected chi connectivity index (χ3v) is 6.57. The number of fused-ring (bicyclic) bond motifs is 1. The van der Waals surface area contributed by atoms with Crippen LogP contribution in [0.5, 0.6) is 11.5 Å². The lowest BCUT2D eigenvalue weighted by Crippen LogP contribution is -2.26. The molecule has 0 radical (unpaired) electrons. The molecule has 6 nitrogen and oxygen atoms in total. The summed E-state index contributed by atoms with van der Waals surface area (Å²) in [5.41, 5.74) is 0.895. The fourth-order valence-corrected chi connectivity index (χ4v) is 4.96. The molecule has 2 aromatic carbocycles. The van der Waals surface area contributed by atoms with Crippen LogP contribution in [0.2, 0.25) is 0 Å². The maximum absolute atomic E-state index is 13.2. The number of sulfone groups is 1. The van der Waals surface area contributed by atoms with Gasteiger partial charge < -0.3 is 14.4 Å². The van der Waals surface area contributed by atoms with Gasteiger partial charge in [0.25, 0.3) is 0 Å². The first-order valence-corrected chi connectivity index (χ1v) is 9.26. The van der Waals surface area contributed by atoms with Gasteiger partial charge in [0, 0.05) is 13.5 Å². The molecule has 0 spiro atoms. The number of rotatable bonds is 3. The van der Waals surface area contributed by atoms with Crippen molar-refractivity contribution in [2.45, 2.75) is 16.6 Å². The number of hydrogen-bond acceptors (Lipinski definition) is 5. The smallest absolute Gasteiger partial charge is 0.228 e. The standard InChI is InChI=1S/C18H19NO5S/c1-19-13-6-4-5-7-16(13)25(21,22)17(11-18(19)20)12-8-9-14(23-2)15(10-12)24-3/h4-10,17H,11H2,1-3H3. The van der Waals surface area contributed by atoms with E-state index in [4.69, 9.17) is 9.47 Å². The molecule has 1 aliphatic heterocycles. The van der Waals surface area contributed by atoms with Gasteiger partial charge in [-0.15, -0.1) is 0 Å². The van der Waals surface area contributed by atoms with Crippen molar-refractivity contribution in [1.29, 1.82) is 0 Å². The average molecular weight is 361 g/mol. The van der Waals surface area contributed by atoms with Crippen molar-refractivity contribution in [2.75, 3.05) is 26.2 Å². The molecule has 0 bridgehead atoms. The number of methoxy groups -OCH3 is 2. The third-order valence-electron chi connectivity index (χ3n) is 4.42. The molecule has 1 atom stereocenters. The zero-order valence-electron chi connectivity index (χ0n) is 14.2. The van der Waals surface area contributed by atoms with Crippen LogP contribution in [0.15, 0.2) is 47.4 Å². The Labute approximate surface area is 146 Å². The van der Waals surface area contributed by atoms with Crippen LogP contribution in [-0.2, 0) is 14.6 Å². The zero-order valence-corrected chi connectivity index (χ0v) is 15.0. The van der Waals surface area contributed by atoms with Gasteiger partial charge in [0.2, 0.25) is 5.91 Å². The lowest BCUT2D eigenvalue weighted by Gasteiger charge is -2.17. The molecule has 1 aliphatic rings. The molecule has 0 fully saturated rings. The fourth-order valence-electron chi connectivity index (χ4n) is 3.02. The van der Waals surface area contributed by atoms with Crippen LogP contribution < -0.4 is 14.4 Å². The maximum Gasteiger partial charge on any atom is 0.228 e. The molecule has 0 N–H and O–H groups in total. The second kappa shape index (κ2) is 6.40. The van der Waals surface area contributed by atoms with Gasteiger partial charge >= 0.3 is 0 Å². The minimum atomic E-state index is -3.74. The Morgan fingerprint density at radius 1 is 1.04 bits per heavy atom. The van der Waals surface area contributed by atoms with E-state index in [1.807, 2.05) is 0 Å². The fraction of sp³-hybridized carbons (Fsp3) is 0.278. The van der Waals surface area contributed by atoms with Crippen LogP contribution in [0.25, 0.3) is 0 Å². The number of nitrogens with zero attached hydrogens (tertiary/aromatic N) is 1. The molecule has 2 aromatic rings. The van der Waals surface area contributed by atoms with Crippen molar-refractivity contribution < 1.29 is 22.7 Å². The molecule has 1 amide bonds. The SMILES string of the molecule is COc1ccc(C2CC(=O)N(C)c3ccccc3S2(=O)=O)cc1OC. The van der Waals surface area contributed by atoms with E-state index < -0.39 is 15.1 Å². The van der Waals surface area contributed by atoms with Crippen molar-refractivity contribution in [2.24, 2.45) is 0 Å². The van der Waals surface area contributed by atoms with Crippen molar-refractivity contribution in [3.63, 3.8) is 0 Å². The van der Waals surface area contributed by atoms with Gasteiger partial charge in [-0.25, -0.2) is 8.42 Å². The van der Waals surface area contributed by atoms with Gasteiger partial charge in [0.15, 0.2) is 21.3 Å². The molecular formula is C18H19NO5S. The van der Waals surface area contributed by atoms with E-state index in [-0.39, 0.29) is 17.2 Å². The van der Waals surface area contributed by atoms with Gasteiger partial charge in [-0.1, -0.05) is 18.2 Å². The summed E-state index contributed by atoms with van der Waals surface area (Å²) in [6.07, 6.45) is -0.136. The number of carbonyl (C=O) groups excluding carboxylic acids is 1. The number of ether oxygens (including phenoxy) is 2. The minimum absolute atomic E-state index is 0.136. The summed E-state index contributed by atoms with van der Waals surface area (Å²) in [5, 5.41) is -0.981. The highest BCUT2D eigenvalue weighted by atomic mass is 32.2. The largest absolute Gasteiger partial charge is 0.493 e. The highest BCUT2D eigenvalue weighted by Crippen LogP contribution is 2.42. The second-order valence-corrected chi connectivity index (χ2v) is 7.87. The van der Waals surface area contributed by atoms with Crippen molar-refractivity contribution in [3.05, 3.63) is 48.0 Å². The summed E-state index contributed by atoms with van der Waals surface area (Å²) >= 11 is 0. The second-order valence-electron chi connectivity index (χ2n) is 5.77. The quantitative estimate of drug-likeness (QED) is 0.840. The lowest BCUT2D eigenvalue weighted by atomic mass is 10.1. The maximum atomic E-state index is 13.2. The lowest BCUT2D eigenvalue weighted by molar-refractivity contribution is -0.118. The average Bonchev–Trinajstić information content (AvgIpc) is 2.70. The highest BCUT2D eigenvalue weighted by molar-refractivity contribution is 7.92. The topological polar surface area (TPSA) is 72.9 Å². The molecule has 1 unspecified atom stereocenters. The number of hydrogen-bond donors (Lipinski definition) is 0. The van der Waals surface area contributed by atoms with Crippen LogP contribution in [0.1, 0.15) is 17.2 Å². The van der Waals surface area contributed by atoms with Crippen LogP contribution in [0.4, 0.5) is 5.69 Å². The molecule has 0 aromatic heterocycles. The van der Waals surface area contributed by atoms with Gasteiger partial charge in [-0.05, 0) is 29.8 Å². The monoisotopic (exact) mass is 361 g/mol. The summed E-state index contributed by atoms with van der Waals surface area (Å²) in [6.45, 7) is 0. The van der Waals surface area contributed by atoms with E-state index >= 15 is 0 Å². The van der Waals surface area contributed by atoms with Crippen molar-refractivity contribution >= 4 is 21.4 Å². The molecule has 0 saturated heterocycles. The van der Waals surface area contributed by atoms with Gasteiger partial charge in [-0.3, -0.25) is 4.79 Å². The summed E-state index contributed by atoms with van der Waals surface area (Å²) in [5.74, 6) is 0.669. The van der Waals surface area contributed by atoms with E-state index in [0.29, 0.717) is 22.7 Å². The Bertz CT molecular complexity index is 923. The molecule has 7 heteroatoms. The van der Waals surface area contributed by atoms with E-state index in [2.05, 4.69) is 0 Å². The van der Waals surface area contributed by atoms with Gasteiger partial charge in [0.05, 0.1) is 30.1 Å². The van der Waals surface area contributed by atoms with Crippen molar-refractivity contribution in [3.8, 4) is 11.5 Å². The van der Waals surface area contributed by atoms with Gasteiger partial charge in [0.1, 0.15) is 0 Å². The van der Waals surface area contributed by atoms with Crippen LogP contribution >= 0.6 is 0 Å². The zero-order chi connectivity index (χ0) is 18.2. The molecule has 1 heterocycles. The number of amides is 1. The van der Waals surface area contributed by atoms with E-state index in [1.165, 1.54) is 25.2 Å². The summed E-state index contributed by atoms with van der Waals surface area (Å²) in [7, 11) is 0.841. The summed E-state index contributed by atoms with van der Waals surface area (Å²) < 4.78 is 36.9. The van der Waals surface area contributed by atoms with E-state index in [1.54, 1.807) is 43.4 Å². The number of carbonyl (C=O) groups is 1. The molecule has 25 heavy (non-hydrogen) atoms. The Hall–Kier alpha value is -2.54. The minimum Gasteiger partial charge on any atom is -0.493 e. The molecular weight excluding hydrogens is 342 g/mol. The predicted molar refractivity (Wildman–Crippen MR) is 93.9 cm³/mol. The summed E-state index contributed by atoms with van der Waals surface area (Å²) in [4.78, 5) is 14.1. The van der Waals surface area contributed by atoms with Gasteiger partial charge in [-0.2, -0.15) is 0 Å². The molecule has 0 aliphatic carbocycles. The molecule has 132 valence electrons. The highest BCUT2D eigenvalue weighted by Gasteiger charge is 2.38. The van der Waals surface area contributed by atoms with E-state index in [0.717, 1.165) is 0 Å². The first kappa shape index (κ1) is 17.3. The number of anilines is 1. The Morgan fingerprint density at radius 3 is 2.40 bits per heavy atom. The van der Waals surface area contributed by atoms with Crippen LogP contribution in [0.3, 0.4) is 0 Å². The van der Waals surface area contributed by atoms with Crippen LogP contribution in [-0.4, -0.2) is 35.6 Å². The first-order chi connectivity index (χ1) is 11.9. The predicted octanol–water partition coefficient (Wildman–Crippen LogP) is 2.59. The van der Waals surface area contributed by atoms with Crippen LogP contribution in [0, 0.1) is 0 Å². The Morgan fingerprint density at radius 2 is 1.72 bits per heavy atom. The number of para-hydroxylation sites is 1. The number of benzene rings is 2.